The quantitative estimate of drug-likeness (QED) is 0.582. The molecule has 1 saturated heterocycles. The summed E-state index contributed by atoms with van der Waals surface area (Å²) >= 11 is 1.86. The van der Waals surface area contributed by atoms with Crippen molar-refractivity contribution in [2.45, 2.75) is 39.8 Å². The molecular formula is C18H33N5S. The van der Waals surface area contributed by atoms with Crippen LogP contribution in [0.5, 0.6) is 0 Å². The highest BCUT2D eigenvalue weighted by atomic mass is 32.1. The lowest BCUT2D eigenvalue weighted by Gasteiger charge is -2.36. The molecule has 2 heterocycles. The average molecular weight is 352 g/mol. The number of thiophene rings is 1. The Morgan fingerprint density at radius 3 is 2.50 bits per heavy atom. The smallest absolute Gasteiger partial charge is 0.191 e. The number of rotatable bonds is 7. The predicted octanol–water partition coefficient (Wildman–Crippen LogP) is 2.00. The van der Waals surface area contributed by atoms with Crippen LogP contribution in [0.15, 0.2) is 17.1 Å². The minimum Gasteiger partial charge on any atom is -0.357 e. The average Bonchev–Trinajstić information content (AvgIpc) is 3.06. The van der Waals surface area contributed by atoms with Gasteiger partial charge in [0.05, 0.1) is 6.54 Å². The molecule has 0 aromatic carbocycles. The Morgan fingerprint density at radius 1 is 1.17 bits per heavy atom. The van der Waals surface area contributed by atoms with Crippen molar-refractivity contribution in [3.8, 4) is 0 Å². The molecule has 1 aliphatic heterocycles. The molecule has 136 valence electrons. The lowest BCUT2D eigenvalue weighted by Crippen LogP contribution is -2.52. The van der Waals surface area contributed by atoms with Gasteiger partial charge in [-0.05, 0) is 39.4 Å². The molecule has 2 rings (SSSR count). The van der Waals surface area contributed by atoms with Crippen molar-refractivity contribution in [1.29, 1.82) is 0 Å². The van der Waals surface area contributed by atoms with Crippen molar-refractivity contribution >= 4 is 17.3 Å². The fourth-order valence-electron chi connectivity index (χ4n) is 2.83. The van der Waals surface area contributed by atoms with Crippen LogP contribution in [0, 0.1) is 0 Å². The van der Waals surface area contributed by atoms with E-state index >= 15 is 0 Å². The van der Waals surface area contributed by atoms with E-state index in [9.17, 15) is 0 Å². The van der Waals surface area contributed by atoms with Gasteiger partial charge in [-0.2, -0.15) is 0 Å². The second kappa shape index (κ2) is 10.0. The number of hydrogen-bond donors (Lipinski definition) is 2. The fourth-order valence-corrected chi connectivity index (χ4v) is 3.71. The topological polar surface area (TPSA) is 42.9 Å². The summed E-state index contributed by atoms with van der Waals surface area (Å²) in [4.78, 5) is 12.5. The van der Waals surface area contributed by atoms with Crippen molar-refractivity contribution < 1.29 is 0 Å². The van der Waals surface area contributed by atoms with Gasteiger partial charge in [-0.3, -0.25) is 4.90 Å². The van der Waals surface area contributed by atoms with E-state index in [2.05, 4.69) is 60.4 Å². The monoisotopic (exact) mass is 351 g/mol. The van der Waals surface area contributed by atoms with Crippen LogP contribution in [0.2, 0.25) is 0 Å². The molecule has 2 N–H and O–H groups in total. The first-order chi connectivity index (χ1) is 11.6. The van der Waals surface area contributed by atoms with Gasteiger partial charge in [0.25, 0.3) is 0 Å². The number of nitrogens with one attached hydrogen (secondary N) is 2. The fraction of sp³-hybridized carbons (Fsp3) is 0.722. The highest BCUT2D eigenvalue weighted by Crippen LogP contribution is 2.17. The Bertz CT molecular complexity index is 505. The van der Waals surface area contributed by atoms with Crippen molar-refractivity contribution in [2.75, 3.05) is 46.3 Å². The van der Waals surface area contributed by atoms with Gasteiger partial charge in [-0.15, -0.1) is 11.3 Å². The lowest BCUT2D eigenvalue weighted by atomic mass is 10.2. The molecule has 0 amide bonds. The predicted molar refractivity (Wildman–Crippen MR) is 105 cm³/mol. The van der Waals surface area contributed by atoms with E-state index < -0.39 is 0 Å². The Morgan fingerprint density at radius 2 is 1.88 bits per heavy atom. The van der Waals surface area contributed by atoms with E-state index in [1.54, 1.807) is 0 Å². The molecule has 0 saturated carbocycles. The minimum absolute atomic E-state index is 0.524. The number of aryl methyl sites for hydroxylation is 1. The van der Waals surface area contributed by atoms with Crippen LogP contribution in [-0.4, -0.2) is 68.1 Å². The summed E-state index contributed by atoms with van der Waals surface area (Å²) < 4.78 is 0. The summed E-state index contributed by atoms with van der Waals surface area (Å²) in [5, 5.41) is 6.86. The minimum atomic E-state index is 0.524. The molecule has 1 aromatic heterocycles. The molecule has 0 bridgehead atoms. The molecule has 0 spiro atoms. The van der Waals surface area contributed by atoms with E-state index in [0.29, 0.717) is 6.04 Å². The van der Waals surface area contributed by atoms with Gasteiger partial charge in [0, 0.05) is 55.1 Å². The summed E-state index contributed by atoms with van der Waals surface area (Å²) in [6, 6.07) is 4.94. The standard InChI is InChI=1S/C18H33N5S/c1-5-16-7-8-17(24-16)14-21-18(19-6-2)20-13-15(3)23-11-9-22(4)10-12-23/h7-8,15H,5-6,9-14H2,1-4H3,(H2,19,20,21). The van der Waals surface area contributed by atoms with Gasteiger partial charge in [0.2, 0.25) is 0 Å². The zero-order valence-corrected chi connectivity index (χ0v) is 16.5. The normalized spacial score (nSPS) is 18.6. The van der Waals surface area contributed by atoms with Crippen LogP contribution < -0.4 is 10.6 Å². The molecule has 0 aliphatic carbocycles. The molecule has 6 heteroatoms. The lowest BCUT2D eigenvalue weighted by molar-refractivity contribution is 0.120. The van der Waals surface area contributed by atoms with Crippen LogP contribution in [0.3, 0.4) is 0 Å². The Hall–Kier alpha value is -1.11. The molecule has 1 fully saturated rings. The number of likely N-dealkylation sites (N-methyl/N-ethyl adjacent to an activating group) is 1. The third kappa shape index (κ3) is 6.07. The first kappa shape index (κ1) is 19.2. The van der Waals surface area contributed by atoms with Crippen LogP contribution in [0.1, 0.15) is 30.5 Å². The number of piperazine rings is 1. The summed E-state index contributed by atoms with van der Waals surface area (Å²) in [6.45, 7) is 13.8. The molecule has 1 unspecified atom stereocenters. The third-order valence-corrected chi connectivity index (χ3v) is 5.74. The van der Waals surface area contributed by atoms with Crippen molar-refractivity contribution in [3.63, 3.8) is 0 Å². The van der Waals surface area contributed by atoms with E-state index in [-0.39, 0.29) is 0 Å². The van der Waals surface area contributed by atoms with Crippen LogP contribution >= 0.6 is 11.3 Å². The van der Waals surface area contributed by atoms with Crippen molar-refractivity contribution in [1.82, 2.24) is 20.4 Å². The second-order valence-corrected chi connectivity index (χ2v) is 7.74. The molecule has 5 nitrogen and oxygen atoms in total. The van der Waals surface area contributed by atoms with Crippen molar-refractivity contribution in [2.24, 2.45) is 4.99 Å². The summed E-state index contributed by atoms with van der Waals surface area (Å²) in [5.74, 6) is 0.921. The number of hydrogen-bond acceptors (Lipinski definition) is 4. The molecule has 1 aliphatic rings. The number of nitrogens with zero attached hydrogens (tertiary/aromatic N) is 3. The number of aliphatic imine (C=N–C) groups is 1. The zero-order chi connectivity index (χ0) is 17.4. The maximum absolute atomic E-state index is 4.74. The van der Waals surface area contributed by atoms with Crippen LogP contribution in [0.25, 0.3) is 0 Å². The maximum Gasteiger partial charge on any atom is 0.191 e. The highest BCUT2D eigenvalue weighted by Gasteiger charge is 2.19. The Kier molecular flexibility index (Phi) is 8.02. The second-order valence-electron chi connectivity index (χ2n) is 6.49. The van der Waals surface area contributed by atoms with E-state index in [1.807, 2.05) is 11.3 Å². The van der Waals surface area contributed by atoms with Gasteiger partial charge < -0.3 is 15.5 Å². The van der Waals surface area contributed by atoms with Gasteiger partial charge in [-0.25, -0.2) is 4.99 Å². The Balaban J connectivity index is 1.82. The summed E-state index contributed by atoms with van der Waals surface area (Å²) in [7, 11) is 2.20. The highest BCUT2D eigenvalue weighted by molar-refractivity contribution is 7.11. The van der Waals surface area contributed by atoms with Gasteiger partial charge >= 0.3 is 0 Å². The van der Waals surface area contributed by atoms with Crippen LogP contribution in [0.4, 0.5) is 0 Å². The summed E-state index contributed by atoms with van der Waals surface area (Å²) in [6.07, 6.45) is 1.11. The van der Waals surface area contributed by atoms with Crippen LogP contribution in [-0.2, 0) is 13.0 Å². The van der Waals surface area contributed by atoms with Gasteiger partial charge in [0.15, 0.2) is 5.96 Å². The summed E-state index contributed by atoms with van der Waals surface area (Å²) in [5.41, 5.74) is 0. The molecule has 1 atom stereocenters. The number of guanidine groups is 1. The first-order valence-electron chi connectivity index (χ1n) is 9.14. The van der Waals surface area contributed by atoms with E-state index in [1.165, 1.54) is 9.75 Å². The van der Waals surface area contributed by atoms with E-state index in [4.69, 9.17) is 4.99 Å². The third-order valence-electron chi connectivity index (χ3n) is 4.53. The molecule has 1 aromatic rings. The first-order valence-corrected chi connectivity index (χ1v) is 9.96. The largest absolute Gasteiger partial charge is 0.357 e. The maximum atomic E-state index is 4.74. The van der Waals surface area contributed by atoms with Crippen molar-refractivity contribution in [3.05, 3.63) is 21.9 Å². The molecular weight excluding hydrogens is 318 g/mol. The van der Waals surface area contributed by atoms with E-state index in [0.717, 1.165) is 58.2 Å². The molecule has 24 heavy (non-hydrogen) atoms. The Labute approximate surface area is 151 Å². The zero-order valence-electron chi connectivity index (χ0n) is 15.6. The van der Waals surface area contributed by atoms with Gasteiger partial charge in [-0.1, -0.05) is 6.92 Å². The van der Waals surface area contributed by atoms with Gasteiger partial charge in [0.1, 0.15) is 0 Å². The molecule has 0 radical (unpaired) electrons. The SMILES string of the molecule is CCNC(=NCc1ccc(CC)s1)NCC(C)N1CCN(C)CC1.